The predicted molar refractivity (Wildman–Crippen MR) is 169 cm³/mol. The Balaban J connectivity index is 0.000000267. The van der Waals surface area contributed by atoms with Crippen molar-refractivity contribution in [3.05, 3.63) is 132 Å². The van der Waals surface area contributed by atoms with E-state index in [1.165, 1.54) is 23.5 Å². The summed E-state index contributed by atoms with van der Waals surface area (Å²) in [6.45, 7) is 0. The van der Waals surface area contributed by atoms with Gasteiger partial charge in [-0.3, -0.25) is 9.97 Å². The van der Waals surface area contributed by atoms with Crippen molar-refractivity contribution >= 4 is 69.0 Å². The topological polar surface area (TPSA) is 75.2 Å². The maximum atomic E-state index is 5.04. The number of benzene rings is 2. The molecule has 4 aromatic rings. The van der Waals surface area contributed by atoms with Crippen LogP contribution in [0.3, 0.4) is 0 Å². The second-order valence-corrected chi connectivity index (χ2v) is 10.1. The minimum Gasteiger partial charge on any atom is -0.752 e. The molecular weight excluding hydrogens is 612 g/mol. The maximum Gasteiger partial charge on any atom is 2.00 e. The molecule has 0 saturated heterocycles. The van der Waals surface area contributed by atoms with Crippen LogP contribution in [0.5, 0.6) is 0 Å². The summed E-state index contributed by atoms with van der Waals surface area (Å²) in [5.41, 5.74) is 4.93. The Hall–Kier alpha value is -2.92. The molecule has 1 radical (unpaired) electrons. The number of hydrogen-bond acceptors (Lipinski definition) is 10. The third kappa shape index (κ3) is 11.0. The van der Waals surface area contributed by atoms with Gasteiger partial charge in [-0.1, -0.05) is 72.8 Å². The maximum absolute atomic E-state index is 5.04. The van der Waals surface area contributed by atoms with Gasteiger partial charge in [0.15, 0.2) is 0 Å². The summed E-state index contributed by atoms with van der Waals surface area (Å²) in [5.74, 6) is 0. The van der Waals surface area contributed by atoms with Crippen LogP contribution in [0.1, 0.15) is 22.5 Å². The summed E-state index contributed by atoms with van der Waals surface area (Å²) in [6, 6.07) is 31.1. The van der Waals surface area contributed by atoms with Gasteiger partial charge in [0.25, 0.3) is 0 Å². The number of hydrogen-bond donors (Lipinski definition) is 0. The van der Waals surface area contributed by atoms with Crippen LogP contribution >= 0.6 is 23.5 Å². The normalized spacial score (nSPS) is 12.2. The smallest absolute Gasteiger partial charge is 0.752 e. The van der Waals surface area contributed by atoms with E-state index in [4.69, 9.17) is 25.3 Å². The van der Waals surface area contributed by atoms with Crippen LogP contribution in [0.15, 0.2) is 130 Å². The molecule has 201 valence electrons. The van der Waals surface area contributed by atoms with Gasteiger partial charge in [-0.05, 0) is 45.5 Å². The standard InChI is InChI=1S/2C14H13N3S2.Cu/c2*1-19-14(18)17-16-13(11-7-3-2-4-8-11)12-9-5-6-10-15-12;/h2*2-10H,1H3,(H,17,18);/q;;+2/p-2/b2*16-13+;. The molecular formula is C28H24CuN6S4. The molecule has 0 aliphatic heterocycles. The fraction of sp³-hybridized carbons (Fsp3) is 0.0714. The largest absolute Gasteiger partial charge is 2.00 e. The molecule has 0 atom stereocenters. The van der Waals surface area contributed by atoms with Crippen molar-refractivity contribution in [2.75, 3.05) is 12.5 Å². The van der Waals surface area contributed by atoms with Crippen LogP contribution in [-0.4, -0.2) is 42.7 Å². The molecule has 39 heavy (non-hydrogen) atoms. The molecule has 4 rings (SSSR count). The summed E-state index contributed by atoms with van der Waals surface area (Å²) in [7, 11) is 0. The van der Waals surface area contributed by atoms with Gasteiger partial charge in [0.05, 0.1) is 11.4 Å². The molecule has 2 heterocycles. The van der Waals surface area contributed by atoms with Gasteiger partial charge in [-0.15, -0.1) is 33.7 Å². The van der Waals surface area contributed by atoms with Crippen molar-refractivity contribution in [2.24, 2.45) is 20.4 Å². The molecule has 0 unspecified atom stereocenters. The number of rotatable bonds is 6. The van der Waals surface area contributed by atoms with Gasteiger partial charge >= 0.3 is 17.1 Å². The summed E-state index contributed by atoms with van der Waals surface area (Å²) in [6.07, 6.45) is 7.23. The summed E-state index contributed by atoms with van der Waals surface area (Å²) < 4.78 is 1.01. The van der Waals surface area contributed by atoms with Crippen molar-refractivity contribution in [1.82, 2.24) is 9.97 Å². The van der Waals surface area contributed by atoms with Crippen molar-refractivity contribution in [3.63, 3.8) is 0 Å². The van der Waals surface area contributed by atoms with Crippen LogP contribution in [0.2, 0.25) is 0 Å². The molecule has 0 aliphatic carbocycles. The van der Waals surface area contributed by atoms with E-state index >= 15 is 0 Å². The third-order valence-electron chi connectivity index (χ3n) is 4.72. The second kappa shape index (κ2) is 18.4. The quantitative estimate of drug-likeness (QED) is 0.0826. The Kier molecular flexibility index (Phi) is 15.2. The van der Waals surface area contributed by atoms with E-state index in [-0.39, 0.29) is 17.1 Å². The average molecular weight is 636 g/mol. The van der Waals surface area contributed by atoms with Crippen molar-refractivity contribution in [2.45, 2.75) is 0 Å². The molecule has 0 spiro atoms. The van der Waals surface area contributed by atoms with Crippen LogP contribution in [0.25, 0.3) is 0 Å². The molecule has 0 saturated carbocycles. The molecule has 0 N–H and O–H groups in total. The fourth-order valence-corrected chi connectivity index (χ4v) is 3.30. The number of pyridine rings is 2. The van der Waals surface area contributed by atoms with E-state index in [1.807, 2.05) is 110 Å². The van der Waals surface area contributed by atoms with Crippen LogP contribution in [-0.2, 0) is 42.3 Å². The second-order valence-electron chi connectivity index (χ2n) is 7.20. The molecule has 11 heteroatoms. The Bertz CT molecular complexity index is 1190. The zero-order valence-electron chi connectivity index (χ0n) is 21.0. The summed E-state index contributed by atoms with van der Waals surface area (Å²) in [5, 5.41) is 16.6. The predicted octanol–water partition coefficient (Wildman–Crippen LogP) is 6.20. The number of aromatic nitrogens is 2. The van der Waals surface area contributed by atoms with Gasteiger partial charge in [0.1, 0.15) is 11.4 Å². The van der Waals surface area contributed by atoms with Gasteiger partial charge in [-0.2, -0.15) is 10.2 Å². The van der Waals surface area contributed by atoms with E-state index in [0.29, 0.717) is 8.75 Å². The first kappa shape index (κ1) is 32.3. The van der Waals surface area contributed by atoms with Crippen molar-refractivity contribution in [1.29, 1.82) is 0 Å². The Morgan fingerprint density at radius 1 is 0.538 bits per heavy atom. The molecule has 0 aliphatic rings. The molecule has 2 aromatic heterocycles. The van der Waals surface area contributed by atoms with Gasteiger partial charge in [0, 0.05) is 23.5 Å². The molecule has 0 amide bonds. The molecule has 0 bridgehead atoms. The third-order valence-corrected chi connectivity index (χ3v) is 6.75. The average Bonchev–Trinajstić information content (AvgIpc) is 2.99. The SMILES string of the molecule is CS/C([S-])=N/N=C(\c1ccccc1)c1ccccn1.CS/C([S-])=N/N=C(\c1ccccc1)c1ccccn1.[Cu+2]. The molecule has 0 fully saturated rings. The van der Waals surface area contributed by atoms with Crippen LogP contribution in [0.4, 0.5) is 0 Å². The monoisotopic (exact) mass is 635 g/mol. The zero-order valence-corrected chi connectivity index (χ0v) is 25.2. The first-order chi connectivity index (χ1) is 18.6. The van der Waals surface area contributed by atoms with Crippen LogP contribution < -0.4 is 0 Å². The summed E-state index contributed by atoms with van der Waals surface area (Å²) >= 11 is 12.9. The van der Waals surface area contributed by atoms with Crippen molar-refractivity contribution in [3.8, 4) is 0 Å². The minimum absolute atomic E-state index is 0. The minimum atomic E-state index is 0. The van der Waals surface area contributed by atoms with E-state index in [2.05, 4.69) is 30.4 Å². The van der Waals surface area contributed by atoms with E-state index < -0.39 is 0 Å². The first-order valence-electron chi connectivity index (χ1n) is 11.3. The molecule has 6 nitrogen and oxygen atoms in total. The number of nitrogens with zero attached hydrogens (tertiary/aromatic N) is 6. The van der Waals surface area contributed by atoms with Crippen LogP contribution in [0, 0.1) is 0 Å². The van der Waals surface area contributed by atoms with Crippen molar-refractivity contribution < 1.29 is 17.1 Å². The number of thioether (sulfide) groups is 2. The Morgan fingerprint density at radius 2 is 0.897 bits per heavy atom. The van der Waals surface area contributed by atoms with E-state index in [1.54, 1.807) is 12.4 Å². The Labute approximate surface area is 259 Å². The van der Waals surface area contributed by atoms with E-state index in [0.717, 1.165) is 33.9 Å². The van der Waals surface area contributed by atoms with Gasteiger partial charge < -0.3 is 25.3 Å². The van der Waals surface area contributed by atoms with E-state index in [9.17, 15) is 0 Å². The first-order valence-corrected chi connectivity index (χ1v) is 14.6. The summed E-state index contributed by atoms with van der Waals surface area (Å²) in [4.78, 5) is 8.64. The Morgan fingerprint density at radius 3 is 1.21 bits per heavy atom. The fourth-order valence-electron chi connectivity index (χ4n) is 2.97. The molecule has 2 aromatic carbocycles. The van der Waals surface area contributed by atoms with Gasteiger partial charge in [0.2, 0.25) is 0 Å². The van der Waals surface area contributed by atoms with Gasteiger partial charge in [-0.25, -0.2) is 0 Å². The zero-order chi connectivity index (χ0) is 27.0.